The maximum atomic E-state index is 5.70. The lowest BCUT2D eigenvalue weighted by molar-refractivity contribution is 1.53. The molecule has 2 nitrogen and oxygen atoms in total. The molecule has 0 aromatic heterocycles. The average Bonchev–Trinajstić information content (AvgIpc) is 2.22. The van der Waals surface area contributed by atoms with Gasteiger partial charge in [-0.15, -0.1) is 0 Å². The van der Waals surface area contributed by atoms with E-state index in [1.807, 2.05) is 36.4 Å². The van der Waals surface area contributed by atoms with Crippen molar-refractivity contribution in [2.24, 2.45) is 0 Å². The fraction of sp³-hybridized carbons (Fsp3) is 0. The Morgan fingerprint density at radius 1 is 0.933 bits per heavy atom. The van der Waals surface area contributed by atoms with E-state index < -0.39 is 0 Å². The normalized spacial score (nSPS) is 9.93. The van der Waals surface area contributed by atoms with Crippen molar-refractivity contribution >= 4 is 39.7 Å². The summed E-state index contributed by atoms with van der Waals surface area (Å²) >= 11 is 2.29. The molecule has 76 valence electrons. The summed E-state index contributed by atoms with van der Waals surface area (Å²) in [4.78, 5) is 0. The molecule has 3 heteroatoms. The third-order valence-electron chi connectivity index (χ3n) is 2.02. The first-order valence-electron chi connectivity index (χ1n) is 4.62. The van der Waals surface area contributed by atoms with Gasteiger partial charge in [0.2, 0.25) is 0 Å². The molecule has 0 unspecified atom stereocenters. The molecule has 0 radical (unpaired) electrons. The van der Waals surface area contributed by atoms with E-state index in [4.69, 9.17) is 5.73 Å². The molecule has 0 saturated heterocycles. The summed E-state index contributed by atoms with van der Waals surface area (Å²) in [5, 5.41) is 3.29. The van der Waals surface area contributed by atoms with E-state index >= 15 is 0 Å². The Hall–Kier alpha value is -1.23. The third kappa shape index (κ3) is 2.86. The first-order chi connectivity index (χ1) is 7.24. The van der Waals surface area contributed by atoms with Crippen LogP contribution in [0.5, 0.6) is 0 Å². The summed E-state index contributed by atoms with van der Waals surface area (Å²) < 4.78 is 1.23. The molecule has 0 aliphatic heterocycles. The lowest BCUT2D eigenvalue weighted by Gasteiger charge is -2.06. The predicted octanol–water partition coefficient (Wildman–Crippen LogP) is 3.62. The molecule has 15 heavy (non-hydrogen) atoms. The van der Waals surface area contributed by atoms with Gasteiger partial charge in [0.1, 0.15) is 0 Å². The molecule has 3 N–H and O–H groups in total. The summed E-state index contributed by atoms with van der Waals surface area (Å²) in [7, 11) is 0. The van der Waals surface area contributed by atoms with E-state index in [-0.39, 0.29) is 0 Å². The van der Waals surface area contributed by atoms with Crippen LogP contribution < -0.4 is 11.1 Å². The molecule has 2 aromatic rings. The zero-order chi connectivity index (χ0) is 10.7. The van der Waals surface area contributed by atoms with Crippen LogP contribution in [-0.2, 0) is 0 Å². The van der Waals surface area contributed by atoms with Gasteiger partial charge in [-0.1, -0.05) is 6.07 Å². The highest BCUT2D eigenvalue weighted by atomic mass is 127. The Morgan fingerprint density at radius 2 is 1.67 bits per heavy atom. The lowest BCUT2D eigenvalue weighted by atomic mass is 10.2. The highest BCUT2D eigenvalue weighted by Crippen LogP contribution is 2.19. The quantitative estimate of drug-likeness (QED) is 0.657. The molecule has 0 fully saturated rings. The molecule has 0 heterocycles. The number of nitrogen functional groups attached to an aromatic ring is 1. The van der Waals surface area contributed by atoms with Gasteiger partial charge < -0.3 is 11.1 Å². The fourth-order valence-electron chi connectivity index (χ4n) is 1.32. The first-order valence-corrected chi connectivity index (χ1v) is 5.70. The standard InChI is InChI=1S/C12H11IN2/c13-9-4-6-11(7-5-9)15-12-3-1-2-10(14)8-12/h1-8,15H,14H2. The molecule has 0 saturated carbocycles. The van der Waals surface area contributed by atoms with E-state index in [2.05, 4.69) is 40.0 Å². The van der Waals surface area contributed by atoms with Crippen molar-refractivity contribution in [3.63, 3.8) is 0 Å². The molecular weight excluding hydrogens is 299 g/mol. The minimum absolute atomic E-state index is 0.769. The van der Waals surface area contributed by atoms with Gasteiger partial charge in [-0.3, -0.25) is 0 Å². The van der Waals surface area contributed by atoms with Gasteiger partial charge in [0.15, 0.2) is 0 Å². The van der Waals surface area contributed by atoms with Crippen LogP contribution in [-0.4, -0.2) is 0 Å². The minimum atomic E-state index is 0.769. The van der Waals surface area contributed by atoms with Crippen LogP contribution in [0.15, 0.2) is 48.5 Å². The number of rotatable bonds is 2. The summed E-state index contributed by atoms with van der Waals surface area (Å²) in [6, 6.07) is 15.9. The van der Waals surface area contributed by atoms with Gasteiger partial charge in [0.05, 0.1) is 0 Å². The molecule has 0 spiro atoms. The number of benzene rings is 2. The highest BCUT2D eigenvalue weighted by molar-refractivity contribution is 14.1. The SMILES string of the molecule is Nc1cccc(Nc2ccc(I)cc2)c1. The number of halogens is 1. The molecule has 0 aliphatic carbocycles. The fourth-order valence-corrected chi connectivity index (χ4v) is 1.68. The summed E-state index contributed by atoms with van der Waals surface area (Å²) in [5.74, 6) is 0. The summed E-state index contributed by atoms with van der Waals surface area (Å²) in [6.45, 7) is 0. The number of nitrogens with one attached hydrogen (secondary N) is 1. The van der Waals surface area contributed by atoms with Gasteiger partial charge in [0.25, 0.3) is 0 Å². The van der Waals surface area contributed by atoms with Crippen LogP contribution in [0.2, 0.25) is 0 Å². The van der Waals surface area contributed by atoms with Crippen molar-refractivity contribution < 1.29 is 0 Å². The second-order valence-electron chi connectivity index (χ2n) is 3.26. The van der Waals surface area contributed by atoms with E-state index in [9.17, 15) is 0 Å². The Balaban J connectivity index is 2.18. The Kier molecular flexibility index (Phi) is 3.11. The molecule has 2 aromatic carbocycles. The Morgan fingerprint density at radius 3 is 2.33 bits per heavy atom. The Labute approximate surface area is 103 Å². The minimum Gasteiger partial charge on any atom is -0.399 e. The summed E-state index contributed by atoms with van der Waals surface area (Å²) in [6.07, 6.45) is 0. The van der Waals surface area contributed by atoms with Gasteiger partial charge in [-0.2, -0.15) is 0 Å². The van der Waals surface area contributed by atoms with Gasteiger partial charge in [-0.05, 0) is 65.1 Å². The molecule has 0 atom stereocenters. The van der Waals surface area contributed by atoms with Crippen LogP contribution in [0.25, 0.3) is 0 Å². The van der Waals surface area contributed by atoms with Gasteiger partial charge in [0, 0.05) is 20.6 Å². The average molecular weight is 310 g/mol. The van der Waals surface area contributed by atoms with Crippen molar-refractivity contribution in [2.45, 2.75) is 0 Å². The Bertz CT molecular complexity index is 451. The number of hydrogen-bond donors (Lipinski definition) is 2. The molecular formula is C12H11IN2. The topological polar surface area (TPSA) is 38.0 Å². The number of nitrogens with two attached hydrogens (primary N) is 1. The molecule has 0 amide bonds. The van der Waals surface area contributed by atoms with Gasteiger partial charge >= 0.3 is 0 Å². The maximum Gasteiger partial charge on any atom is 0.0404 e. The van der Waals surface area contributed by atoms with Crippen molar-refractivity contribution in [1.82, 2.24) is 0 Å². The zero-order valence-corrected chi connectivity index (χ0v) is 10.2. The van der Waals surface area contributed by atoms with Crippen LogP contribution in [0.4, 0.5) is 17.1 Å². The van der Waals surface area contributed by atoms with E-state index in [1.165, 1.54) is 3.57 Å². The van der Waals surface area contributed by atoms with Crippen LogP contribution >= 0.6 is 22.6 Å². The number of anilines is 3. The van der Waals surface area contributed by atoms with Crippen LogP contribution in [0.3, 0.4) is 0 Å². The largest absolute Gasteiger partial charge is 0.399 e. The highest BCUT2D eigenvalue weighted by Gasteiger charge is 1.94. The first kappa shape index (κ1) is 10.3. The predicted molar refractivity (Wildman–Crippen MR) is 73.3 cm³/mol. The third-order valence-corrected chi connectivity index (χ3v) is 2.74. The van der Waals surface area contributed by atoms with Crippen molar-refractivity contribution in [3.05, 3.63) is 52.1 Å². The van der Waals surface area contributed by atoms with Crippen LogP contribution in [0, 0.1) is 3.57 Å². The van der Waals surface area contributed by atoms with E-state index in [0.29, 0.717) is 0 Å². The second kappa shape index (κ2) is 4.53. The maximum absolute atomic E-state index is 5.70. The van der Waals surface area contributed by atoms with E-state index in [0.717, 1.165) is 17.1 Å². The number of hydrogen-bond acceptors (Lipinski definition) is 2. The zero-order valence-electron chi connectivity index (χ0n) is 8.07. The second-order valence-corrected chi connectivity index (χ2v) is 4.50. The van der Waals surface area contributed by atoms with Crippen molar-refractivity contribution in [3.8, 4) is 0 Å². The van der Waals surface area contributed by atoms with Crippen LogP contribution in [0.1, 0.15) is 0 Å². The molecule has 0 bridgehead atoms. The van der Waals surface area contributed by atoms with Crippen molar-refractivity contribution in [1.29, 1.82) is 0 Å². The van der Waals surface area contributed by atoms with Crippen molar-refractivity contribution in [2.75, 3.05) is 11.1 Å². The molecule has 0 aliphatic rings. The van der Waals surface area contributed by atoms with E-state index in [1.54, 1.807) is 0 Å². The van der Waals surface area contributed by atoms with Gasteiger partial charge in [-0.25, -0.2) is 0 Å². The lowest BCUT2D eigenvalue weighted by Crippen LogP contribution is -1.91. The molecule has 2 rings (SSSR count). The summed E-state index contributed by atoms with van der Waals surface area (Å²) in [5.41, 5.74) is 8.54. The monoisotopic (exact) mass is 310 g/mol. The smallest absolute Gasteiger partial charge is 0.0404 e.